The van der Waals surface area contributed by atoms with Gasteiger partial charge in [-0.1, -0.05) is 0 Å². The standard InChI is InChI=1S/C6H7F3O4/c7-6(8,9)4(11)3(1-2-10)5(12)13/h3,10H,1-2H2,(H,12,13). The first-order valence-corrected chi connectivity index (χ1v) is 3.25. The summed E-state index contributed by atoms with van der Waals surface area (Å²) >= 11 is 0. The largest absolute Gasteiger partial charge is 0.481 e. The molecule has 0 bridgehead atoms. The van der Waals surface area contributed by atoms with E-state index in [1.165, 1.54) is 0 Å². The minimum absolute atomic E-state index is 0.728. The SMILES string of the molecule is O=C(O)C(CCO)C(=O)C(F)(F)F. The molecule has 0 spiro atoms. The maximum Gasteiger partial charge on any atom is 0.450 e. The van der Waals surface area contributed by atoms with Crippen molar-refractivity contribution < 1.29 is 33.0 Å². The molecule has 1 atom stereocenters. The molecule has 0 aromatic rings. The number of aliphatic hydroxyl groups is 1. The number of carboxylic acids is 1. The van der Waals surface area contributed by atoms with Crippen molar-refractivity contribution in [1.82, 2.24) is 0 Å². The van der Waals surface area contributed by atoms with E-state index >= 15 is 0 Å². The molecule has 2 N–H and O–H groups in total. The van der Waals surface area contributed by atoms with E-state index in [0.29, 0.717) is 0 Å². The van der Waals surface area contributed by atoms with Crippen molar-refractivity contribution in [2.24, 2.45) is 5.92 Å². The lowest BCUT2D eigenvalue weighted by Crippen LogP contribution is -2.35. The van der Waals surface area contributed by atoms with Gasteiger partial charge in [-0.15, -0.1) is 0 Å². The van der Waals surface area contributed by atoms with E-state index in [2.05, 4.69) is 0 Å². The van der Waals surface area contributed by atoms with Gasteiger partial charge in [-0.3, -0.25) is 9.59 Å². The van der Waals surface area contributed by atoms with Gasteiger partial charge in [0.2, 0.25) is 0 Å². The number of alkyl halides is 3. The molecule has 0 aliphatic rings. The molecule has 0 aliphatic heterocycles. The Balaban J connectivity index is 4.56. The summed E-state index contributed by atoms with van der Waals surface area (Å²) in [5.74, 6) is -6.42. The summed E-state index contributed by atoms with van der Waals surface area (Å²) in [6, 6.07) is 0. The quantitative estimate of drug-likeness (QED) is 0.635. The molecule has 1 unspecified atom stereocenters. The Morgan fingerprint density at radius 3 is 2.00 bits per heavy atom. The second kappa shape index (κ2) is 4.22. The molecule has 0 radical (unpaired) electrons. The highest BCUT2D eigenvalue weighted by Gasteiger charge is 2.45. The number of carboxylic acid groups (broad SMARTS) is 1. The smallest absolute Gasteiger partial charge is 0.450 e. The van der Waals surface area contributed by atoms with E-state index in [1.54, 1.807) is 0 Å². The fourth-order valence-corrected chi connectivity index (χ4v) is 0.693. The predicted molar refractivity (Wildman–Crippen MR) is 33.9 cm³/mol. The lowest BCUT2D eigenvalue weighted by atomic mass is 10.0. The van der Waals surface area contributed by atoms with Crippen LogP contribution in [0.4, 0.5) is 13.2 Å². The highest BCUT2D eigenvalue weighted by Crippen LogP contribution is 2.22. The van der Waals surface area contributed by atoms with Crippen LogP contribution in [0.3, 0.4) is 0 Å². The second-order valence-corrected chi connectivity index (χ2v) is 2.27. The monoisotopic (exact) mass is 200 g/mol. The molecule has 0 saturated heterocycles. The average molecular weight is 200 g/mol. The molecule has 0 saturated carbocycles. The highest BCUT2D eigenvalue weighted by molar-refractivity contribution is 6.01. The molecule has 0 aromatic heterocycles. The number of aliphatic hydroxyl groups excluding tert-OH is 1. The molecule has 13 heavy (non-hydrogen) atoms. The van der Waals surface area contributed by atoms with Crippen molar-refractivity contribution in [1.29, 1.82) is 0 Å². The molecule has 0 heterocycles. The van der Waals surface area contributed by atoms with Crippen LogP contribution in [0.5, 0.6) is 0 Å². The van der Waals surface area contributed by atoms with E-state index in [9.17, 15) is 22.8 Å². The zero-order chi connectivity index (χ0) is 10.6. The van der Waals surface area contributed by atoms with Crippen molar-refractivity contribution in [2.45, 2.75) is 12.6 Å². The summed E-state index contributed by atoms with van der Waals surface area (Å²) in [5, 5.41) is 16.4. The van der Waals surface area contributed by atoms with Crippen LogP contribution in [0.15, 0.2) is 0 Å². The van der Waals surface area contributed by atoms with Crippen LogP contribution in [-0.4, -0.2) is 34.7 Å². The van der Waals surface area contributed by atoms with Gasteiger partial charge >= 0.3 is 12.1 Å². The van der Waals surface area contributed by atoms with Gasteiger partial charge in [0.1, 0.15) is 5.92 Å². The highest BCUT2D eigenvalue weighted by atomic mass is 19.4. The van der Waals surface area contributed by atoms with Crippen molar-refractivity contribution in [3.05, 3.63) is 0 Å². The van der Waals surface area contributed by atoms with Crippen LogP contribution < -0.4 is 0 Å². The normalized spacial score (nSPS) is 13.8. The zero-order valence-electron chi connectivity index (χ0n) is 6.34. The molecule has 0 aliphatic carbocycles. The van der Waals surface area contributed by atoms with Gasteiger partial charge in [0.25, 0.3) is 5.78 Å². The van der Waals surface area contributed by atoms with Crippen molar-refractivity contribution in [3.63, 3.8) is 0 Å². The number of halogens is 3. The van der Waals surface area contributed by atoms with Crippen LogP contribution in [0.25, 0.3) is 0 Å². The Morgan fingerprint density at radius 1 is 1.31 bits per heavy atom. The number of hydrogen-bond acceptors (Lipinski definition) is 3. The summed E-state index contributed by atoms with van der Waals surface area (Å²) in [4.78, 5) is 20.5. The van der Waals surface area contributed by atoms with E-state index in [0.717, 1.165) is 0 Å². The summed E-state index contributed by atoms with van der Waals surface area (Å²) in [6.07, 6.45) is -5.90. The summed E-state index contributed by atoms with van der Waals surface area (Å²) in [7, 11) is 0. The lowest BCUT2D eigenvalue weighted by molar-refractivity contribution is -0.180. The number of ketones is 1. The van der Waals surface area contributed by atoms with Crippen LogP contribution in [0.1, 0.15) is 6.42 Å². The Morgan fingerprint density at radius 2 is 1.77 bits per heavy atom. The molecule has 4 nitrogen and oxygen atoms in total. The van der Waals surface area contributed by atoms with Gasteiger partial charge in [0.15, 0.2) is 0 Å². The first kappa shape index (κ1) is 11.9. The third-order valence-electron chi connectivity index (χ3n) is 1.31. The maximum atomic E-state index is 11.7. The first-order chi connectivity index (χ1) is 5.80. The molecule has 0 fully saturated rings. The van der Waals surface area contributed by atoms with Gasteiger partial charge in [-0.05, 0) is 6.42 Å². The minimum atomic E-state index is -5.17. The fourth-order valence-electron chi connectivity index (χ4n) is 0.693. The van der Waals surface area contributed by atoms with E-state index in [-0.39, 0.29) is 0 Å². The molecular formula is C6H7F3O4. The first-order valence-electron chi connectivity index (χ1n) is 3.25. The molecule has 0 amide bonds. The molecule has 0 aromatic carbocycles. The molecule has 76 valence electrons. The van der Waals surface area contributed by atoms with Crippen LogP contribution in [0, 0.1) is 5.92 Å². The minimum Gasteiger partial charge on any atom is -0.481 e. The topological polar surface area (TPSA) is 74.6 Å². The van der Waals surface area contributed by atoms with Gasteiger partial charge in [0.05, 0.1) is 0 Å². The summed E-state index contributed by atoms with van der Waals surface area (Å²) < 4.78 is 35.1. The molecular weight excluding hydrogens is 193 g/mol. The molecule has 7 heteroatoms. The van der Waals surface area contributed by atoms with Crippen LogP contribution in [-0.2, 0) is 9.59 Å². The number of hydrogen-bond donors (Lipinski definition) is 2. The fraction of sp³-hybridized carbons (Fsp3) is 0.667. The summed E-state index contributed by atoms with van der Waals surface area (Å²) in [6.45, 7) is -0.779. The van der Waals surface area contributed by atoms with Gasteiger partial charge in [-0.25, -0.2) is 0 Å². The van der Waals surface area contributed by atoms with Gasteiger partial charge < -0.3 is 10.2 Å². The number of rotatable bonds is 4. The van der Waals surface area contributed by atoms with E-state index in [4.69, 9.17) is 10.2 Å². The van der Waals surface area contributed by atoms with Gasteiger partial charge in [-0.2, -0.15) is 13.2 Å². The Kier molecular flexibility index (Phi) is 3.86. The number of aliphatic carboxylic acids is 1. The van der Waals surface area contributed by atoms with Crippen LogP contribution >= 0.6 is 0 Å². The second-order valence-electron chi connectivity index (χ2n) is 2.27. The maximum absolute atomic E-state index is 11.7. The Hall–Kier alpha value is -1.11. The average Bonchev–Trinajstić information content (AvgIpc) is 1.96. The molecule has 0 rings (SSSR count). The van der Waals surface area contributed by atoms with Crippen LogP contribution in [0.2, 0.25) is 0 Å². The van der Waals surface area contributed by atoms with E-state index < -0.39 is 36.9 Å². The number of Topliss-reactive ketones (excluding diaryl/α,β-unsaturated/α-hetero) is 1. The predicted octanol–water partition coefficient (Wildman–Crippen LogP) is 0.201. The van der Waals surface area contributed by atoms with Gasteiger partial charge in [0, 0.05) is 6.61 Å². The van der Waals surface area contributed by atoms with Crippen molar-refractivity contribution >= 4 is 11.8 Å². The Bertz CT molecular complexity index is 210. The number of carbonyl (C=O) groups excluding carboxylic acids is 1. The van der Waals surface area contributed by atoms with Crippen molar-refractivity contribution in [3.8, 4) is 0 Å². The number of carbonyl (C=O) groups is 2. The zero-order valence-corrected chi connectivity index (χ0v) is 6.34. The third-order valence-corrected chi connectivity index (χ3v) is 1.31. The third kappa shape index (κ3) is 3.41. The van der Waals surface area contributed by atoms with Crippen molar-refractivity contribution in [2.75, 3.05) is 6.61 Å². The summed E-state index contributed by atoms with van der Waals surface area (Å²) in [5.41, 5.74) is 0. The lowest BCUT2D eigenvalue weighted by Gasteiger charge is -2.11. The Labute approximate surface area is 71.0 Å². The van der Waals surface area contributed by atoms with E-state index in [1.807, 2.05) is 0 Å².